The van der Waals surface area contributed by atoms with Crippen molar-refractivity contribution in [3.05, 3.63) is 78.4 Å². The average Bonchev–Trinajstić information content (AvgIpc) is 3.05. The van der Waals surface area contributed by atoms with Gasteiger partial charge in [0.25, 0.3) is 0 Å². The van der Waals surface area contributed by atoms with Crippen LogP contribution in [0.5, 0.6) is 0 Å². The van der Waals surface area contributed by atoms with E-state index in [2.05, 4.69) is 45.0 Å². The minimum Gasteiger partial charge on any atom is -0.454 e. The van der Waals surface area contributed by atoms with Gasteiger partial charge in [-0.1, -0.05) is 75.4 Å². The van der Waals surface area contributed by atoms with Gasteiger partial charge in [0.15, 0.2) is 5.58 Å². The molecule has 2 heterocycles. The highest BCUT2D eigenvalue weighted by Crippen LogP contribution is 2.30. The van der Waals surface area contributed by atoms with Crippen LogP contribution in [-0.2, 0) is 5.41 Å². The summed E-state index contributed by atoms with van der Waals surface area (Å²) >= 11 is 0. The van der Waals surface area contributed by atoms with Crippen LogP contribution in [0.1, 0.15) is 26.3 Å². The van der Waals surface area contributed by atoms with E-state index in [4.69, 9.17) is 9.40 Å². The molecule has 0 aliphatic carbocycles. The van der Waals surface area contributed by atoms with Gasteiger partial charge in [-0.05, 0) is 23.1 Å². The van der Waals surface area contributed by atoms with Gasteiger partial charge in [-0.3, -0.25) is 0 Å². The summed E-state index contributed by atoms with van der Waals surface area (Å²) < 4.78 is 5.95. The Morgan fingerprint density at radius 3 is 2.16 bits per heavy atom. The van der Waals surface area contributed by atoms with Gasteiger partial charge in [-0.25, -0.2) is 4.98 Å². The molecule has 0 unspecified atom stereocenters. The standard InChI is InChI=1S/C23H21NO/c1-23(2,3)18-11-9-16(10-12-18)19-13-14-21-20(24-19)15-22(25-21)17-7-5-4-6-8-17/h4-15H,1-3H3. The molecule has 0 spiro atoms. The molecule has 2 aromatic carbocycles. The fourth-order valence-corrected chi connectivity index (χ4v) is 2.97. The third kappa shape index (κ3) is 3.08. The first-order valence-electron chi connectivity index (χ1n) is 8.58. The van der Waals surface area contributed by atoms with E-state index >= 15 is 0 Å². The molecule has 0 atom stereocenters. The molecule has 124 valence electrons. The Labute approximate surface area is 148 Å². The van der Waals surface area contributed by atoms with Gasteiger partial charge in [-0.2, -0.15) is 0 Å². The van der Waals surface area contributed by atoms with Crippen molar-refractivity contribution < 1.29 is 4.42 Å². The number of pyridine rings is 1. The summed E-state index contributed by atoms with van der Waals surface area (Å²) in [5, 5.41) is 0. The fourth-order valence-electron chi connectivity index (χ4n) is 2.97. The van der Waals surface area contributed by atoms with E-state index in [-0.39, 0.29) is 5.41 Å². The molecule has 2 aromatic heterocycles. The van der Waals surface area contributed by atoms with Crippen LogP contribution in [0.15, 0.2) is 77.2 Å². The minimum atomic E-state index is 0.158. The van der Waals surface area contributed by atoms with Crippen LogP contribution in [0.4, 0.5) is 0 Å². The molecule has 0 saturated carbocycles. The highest BCUT2D eigenvalue weighted by Gasteiger charge is 2.14. The zero-order chi connectivity index (χ0) is 17.4. The van der Waals surface area contributed by atoms with Gasteiger partial charge in [0.05, 0.1) is 5.69 Å². The topological polar surface area (TPSA) is 26.0 Å². The Hall–Kier alpha value is -2.87. The second-order valence-corrected chi connectivity index (χ2v) is 7.38. The summed E-state index contributed by atoms with van der Waals surface area (Å²) in [5.74, 6) is 0.850. The van der Waals surface area contributed by atoms with Crippen LogP contribution in [0.2, 0.25) is 0 Å². The Morgan fingerprint density at radius 1 is 0.760 bits per heavy atom. The van der Waals surface area contributed by atoms with Crippen molar-refractivity contribution in [3.63, 3.8) is 0 Å². The van der Waals surface area contributed by atoms with Crippen molar-refractivity contribution in [2.24, 2.45) is 0 Å². The highest BCUT2D eigenvalue weighted by molar-refractivity contribution is 5.81. The number of benzene rings is 2. The van der Waals surface area contributed by atoms with Gasteiger partial charge in [0, 0.05) is 17.2 Å². The van der Waals surface area contributed by atoms with Crippen molar-refractivity contribution >= 4 is 11.1 Å². The smallest absolute Gasteiger partial charge is 0.153 e. The number of rotatable bonds is 2. The van der Waals surface area contributed by atoms with E-state index in [1.54, 1.807) is 0 Å². The Morgan fingerprint density at radius 2 is 1.48 bits per heavy atom. The summed E-state index contributed by atoms with van der Waals surface area (Å²) in [7, 11) is 0. The van der Waals surface area contributed by atoms with Crippen LogP contribution in [0.3, 0.4) is 0 Å². The quantitative estimate of drug-likeness (QED) is 0.422. The van der Waals surface area contributed by atoms with E-state index in [1.807, 2.05) is 48.5 Å². The molecule has 0 radical (unpaired) electrons. The molecule has 0 saturated heterocycles. The maximum absolute atomic E-state index is 5.95. The summed E-state index contributed by atoms with van der Waals surface area (Å²) in [6.07, 6.45) is 0. The van der Waals surface area contributed by atoms with Crippen LogP contribution < -0.4 is 0 Å². The zero-order valence-electron chi connectivity index (χ0n) is 14.8. The minimum absolute atomic E-state index is 0.158. The largest absolute Gasteiger partial charge is 0.454 e. The van der Waals surface area contributed by atoms with Gasteiger partial charge >= 0.3 is 0 Å². The second kappa shape index (κ2) is 5.89. The molecule has 2 heteroatoms. The molecule has 0 bridgehead atoms. The first-order chi connectivity index (χ1) is 12.0. The summed E-state index contributed by atoms with van der Waals surface area (Å²) in [5.41, 5.74) is 6.34. The summed E-state index contributed by atoms with van der Waals surface area (Å²) in [4.78, 5) is 4.79. The third-order valence-corrected chi connectivity index (χ3v) is 4.48. The van der Waals surface area contributed by atoms with E-state index in [0.717, 1.165) is 33.7 Å². The molecule has 25 heavy (non-hydrogen) atoms. The van der Waals surface area contributed by atoms with Crippen molar-refractivity contribution in [1.82, 2.24) is 4.98 Å². The molecule has 4 rings (SSSR count). The average molecular weight is 327 g/mol. The van der Waals surface area contributed by atoms with Crippen LogP contribution in [0.25, 0.3) is 33.7 Å². The van der Waals surface area contributed by atoms with Crippen LogP contribution in [-0.4, -0.2) is 4.98 Å². The Kier molecular flexibility index (Phi) is 3.69. The first kappa shape index (κ1) is 15.6. The molecule has 0 fully saturated rings. The van der Waals surface area contributed by atoms with Crippen molar-refractivity contribution in [2.45, 2.75) is 26.2 Å². The maximum Gasteiger partial charge on any atom is 0.153 e. The predicted molar refractivity (Wildman–Crippen MR) is 104 cm³/mol. The Bertz CT molecular complexity index is 1010. The maximum atomic E-state index is 5.95. The molecular formula is C23H21NO. The lowest BCUT2D eigenvalue weighted by molar-refractivity contribution is 0.590. The molecule has 0 aliphatic heterocycles. The second-order valence-electron chi connectivity index (χ2n) is 7.38. The Balaban J connectivity index is 1.72. The van der Waals surface area contributed by atoms with Crippen molar-refractivity contribution in [2.75, 3.05) is 0 Å². The number of hydrogen-bond donors (Lipinski definition) is 0. The normalized spacial score (nSPS) is 11.8. The first-order valence-corrected chi connectivity index (χ1v) is 8.58. The fraction of sp³-hybridized carbons (Fsp3) is 0.174. The SMILES string of the molecule is CC(C)(C)c1ccc(-c2ccc3oc(-c4ccccc4)cc3n2)cc1. The molecule has 0 N–H and O–H groups in total. The third-order valence-electron chi connectivity index (χ3n) is 4.48. The van der Waals surface area contributed by atoms with E-state index in [0.29, 0.717) is 0 Å². The summed E-state index contributed by atoms with van der Waals surface area (Å²) in [6, 6.07) is 24.8. The lowest BCUT2D eigenvalue weighted by Crippen LogP contribution is -2.10. The van der Waals surface area contributed by atoms with Gasteiger partial charge in [0.1, 0.15) is 11.3 Å². The number of furan rings is 1. The molecular weight excluding hydrogens is 306 g/mol. The lowest BCUT2D eigenvalue weighted by atomic mass is 9.86. The number of hydrogen-bond acceptors (Lipinski definition) is 2. The molecule has 0 aliphatic rings. The number of aromatic nitrogens is 1. The summed E-state index contributed by atoms with van der Waals surface area (Å²) in [6.45, 7) is 6.68. The van der Waals surface area contributed by atoms with Gasteiger partial charge in [-0.15, -0.1) is 0 Å². The van der Waals surface area contributed by atoms with Crippen LogP contribution >= 0.6 is 0 Å². The number of fused-ring (bicyclic) bond motifs is 1. The zero-order valence-corrected chi connectivity index (χ0v) is 14.8. The van der Waals surface area contributed by atoms with Crippen LogP contribution in [0, 0.1) is 0 Å². The van der Waals surface area contributed by atoms with Crippen molar-refractivity contribution in [1.29, 1.82) is 0 Å². The predicted octanol–water partition coefficient (Wildman–Crippen LogP) is 6.46. The van der Waals surface area contributed by atoms with Crippen molar-refractivity contribution in [3.8, 4) is 22.6 Å². The van der Waals surface area contributed by atoms with Gasteiger partial charge < -0.3 is 4.42 Å². The molecule has 2 nitrogen and oxygen atoms in total. The lowest BCUT2D eigenvalue weighted by Gasteiger charge is -2.19. The number of nitrogens with zero attached hydrogens (tertiary/aromatic N) is 1. The highest BCUT2D eigenvalue weighted by atomic mass is 16.3. The monoisotopic (exact) mass is 327 g/mol. The van der Waals surface area contributed by atoms with Gasteiger partial charge in [0.2, 0.25) is 0 Å². The van der Waals surface area contributed by atoms with E-state index in [1.165, 1.54) is 5.56 Å². The van der Waals surface area contributed by atoms with E-state index < -0.39 is 0 Å². The van der Waals surface area contributed by atoms with E-state index in [9.17, 15) is 0 Å². The molecule has 4 aromatic rings. The molecule has 0 amide bonds.